The molecule has 8 nitrogen and oxygen atoms in total. The summed E-state index contributed by atoms with van der Waals surface area (Å²) >= 11 is 0. The quantitative estimate of drug-likeness (QED) is 0.477. The monoisotopic (exact) mass is 493 g/mol. The van der Waals surface area contributed by atoms with Gasteiger partial charge in [0.15, 0.2) is 0 Å². The minimum atomic E-state index is -0.386. The fourth-order valence-corrected chi connectivity index (χ4v) is 5.23. The third-order valence-corrected chi connectivity index (χ3v) is 7.22. The molecular formula is C28H35N3O5. The van der Waals surface area contributed by atoms with Crippen LogP contribution < -0.4 is 10.1 Å². The van der Waals surface area contributed by atoms with Gasteiger partial charge in [0.05, 0.1) is 24.1 Å². The van der Waals surface area contributed by atoms with Crippen molar-refractivity contribution in [2.24, 2.45) is 5.92 Å². The van der Waals surface area contributed by atoms with Gasteiger partial charge in [0.1, 0.15) is 5.75 Å². The normalized spacial score (nSPS) is 20.9. The molecule has 2 aromatic carbocycles. The van der Waals surface area contributed by atoms with E-state index in [1.54, 1.807) is 36.1 Å². The lowest BCUT2D eigenvalue weighted by atomic mass is 9.71. The molecule has 1 saturated heterocycles. The fourth-order valence-electron chi connectivity index (χ4n) is 5.23. The zero-order valence-electron chi connectivity index (χ0n) is 21.6. The van der Waals surface area contributed by atoms with E-state index in [0.717, 1.165) is 24.9 Å². The number of likely N-dealkylation sites (tertiary alicyclic amines) is 1. The second kappa shape index (κ2) is 10.7. The summed E-state index contributed by atoms with van der Waals surface area (Å²) in [6, 6.07) is 12.5. The van der Waals surface area contributed by atoms with Crippen LogP contribution in [0.3, 0.4) is 0 Å². The molecule has 1 aliphatic heterocycles. The topological polar surface area (TPSA) is 88.2 Å². The van der Waals surface area contributed by atoms with Crippen LogP contribution in [0, 0.1) is 5.92 Å². The molecular weight excluding hydrogens is 458 g/mol. The van der Waals surface area contributed by atoms with Crippen molar-refractivity contribution >= 4 is 23.7 Å². The van der Waals surface area contributed by atoms with Gasteiger partial charge >= 0.3 is 18.0 Å². The average molecular weight is 494 g/mol. The highest BCUT2D eigenvalue weighted by molar-refractivity contribution is 5.92. The van der Waals surface area contributed by atoms with E-state index in [9.17, 15) is 14.4 Å². The Hall–Kier alpha value is -3.39. The first kappa shape index (κ1) is 25.7. The van der Waals surface area contributed by atoms with E-state index in [1.165, 1.54) is 5.56 Å². The van der Waals surface area contributed by atoms with Gasteiger partial charge < -0.3 is 24.6 Å². The average Bonchev–Trinajstić information content (AvgIpc) is 2.86. The zero-order chi connectivity index (χ0) is 26.0. The molecule has 0 saturated carbocycles. The summed E-state index contributed by atoms with van der Waals surface area (Å²) < 4.78 is 10.6. The molecule has 0 spiro atoms. The Bertz CT molecular complexity index is 1130. The van der Waals surface area contributed by atoms with Crippen molar-refractivity contribution in [1.29, 1.82) is 0 Å². The number of ether oxygens (including phenoxy) is 2. The van der Waals surface area contributed by atoms with E-state index >= 15 is 0 Å². The van der Waals surface area contributed by atoms with E-state index in [2.05, 4.69) is 23.3 Å². The molecule has 1 aliphatic carbocycles. The predicted molar refractivity (Wildman–Crippen MR) is 137 cm³/mol. The Morgan fingerprint density at radius 1 is 1.14 bits per heavy atom. The summed E-state index contributed by atoms with van der Waals surface area (Å²) in [5, 5.41) is 2.96. The maximum atomic E-state index is 13.3. The number of nitrogens with one attached hydrogen (secondary N) is 1. The number of amides is 2. The first-order valence-corrected chi connectivity index (χ1v) is 12.5. The number of urea groups is 1. The molecule has 2 unspecified atom stereocenters. The Labute approximate surface area is 212 Å². The summed E-state index contributed by atoms with van der Waals surface area (Å²) in [4.78, 5) is 41.5. The van der Waals surface area contributed by atoms with E-state index in [1.807, 2.05) is 33.0 Å². The number of likely N-dealkylation sites (N-methyl/N-ethyl adjacent to an activating group) is 2. The summed E-state index contributed by atoms with van der Waals surface area (Å²) in [5.41, 5.74) is 3.44. The number of carbonyl (C=O) groups excluding carboxylic acids is 3. The van der Waals surface area contributed by atoms with Gasteiger partial charge in [-0.05, 0) is 80.9 Å². The van der Waals surface area contributed by atoms with E-state index in [0.29, 0.717) is 23.6 Å². The van der Waals surface area contributed by atoms with E-state index in [-0.39, 0.29) is 41.9 Å². The Kier molecular flexibility index (Phi) is 7.64. The zero-order valence-corrected chi connectivity index (χ0v) is 21.6. The predicted octanol–water partition coefficient (Wildman–Crippen LogP) is 4.30. The fraction of sp³-hybridized carbons (Fsp3) is 0.464. The Morgan fingerprint density at radius 2 is 1.86 bits per heavy atom. The lowest BCUT2D eigenvalue weighted by molar-refractivity contribution is -0.137. The smallest absolute Gasteiger partial charge is 0.338 e. The van der Waals surface area contributed by atoms with Crippen LogP contribution in [0.15, 0.2) is 42.5 Å². The largest absolute Gasteiger partial charge is 0.462 e. The molecule has 3 atom stereocenters. The van der Waals surface area contributed by atoms with Gasteiger partial charge in [0, 0.05) is 24.7 Å². The van der Waals surface area contributed by atoms with Gasteiger partial charge in [-0.25, -0.2) is 9.59 Å². The minimum absolute atomic E-state index is 0.0360. The number of fused-ring (bicyclic) bond motifs is 4. The van der Waals surface area contributed by atoms with Gasteiger partial charge in [0.25, 0.3) is 0 Å². The molecule has 1 fully saturated rings. The van der Waals surface area contributed by atoms with Gasteiger partial charge in [-0.3, -0.25) is 4.79 Å². The van der Waals surface area contributed by atoms with Crippen molar-refractivity contribution in [2.75, 3.05) is 32.6 Å². The highest BCUT2D eigenvalue weighted by atomic mass is 16.5. The molecule has 1 heterocycles. The Morgan fingerprint density at radius 3 is 2.53 bits per heavy atom. The van der Waals surface area contributed by atoms with E-state index < -0.39 is 0 Å². The maximum Gasteiger partial charge on any atom is 0.338 e. The third kappa shape index (κ3) is 5.23. The van der Waals surface area contributed by atoms with Gasteiger partial charge in [-0.15, -0.1) is 0 Å². The minimum Gasteiger partial charge on any atom is -0.462 e. The lowest BCUT2D eigenvalue weighted by Crippen LogP contribution is -2.61. The van der Waals surface area contributed by atoms with Gasteiger partial charge in [0.2, 0.25) is 0 Å². The molecule has 4 rings (SSSR count). The number of rotatable bonds is 6. The second-order valence-corrected chi connectivity index (χ2v) is 9.91. The number of esters is 2. The molecule has 2 aromatic rings. The number of hydrogen-bond acceptors (Lipinski definition) is 6. The number of nitrogens with zero attached hydrogens (tertiary/aromatic N) is 2. The van der Waals surface area contributed by atoms with Crippen LogP contribution in [0.1, 0.15) is 54.6 Å². The van der Waals surface area contributed by atoms with Crippen LogP contribution in [0.2, 0.25) is 0 Å². The van der Waals surface area contributed by atoms with Crippen molar-refractivity contribution in [3.63, 3.8) is 0 Å². The SMILES string of the molecule is CCOC(=O)c1ccc(NC(=O)N(C)[C@H]2C3CCN(C)C2Cc2ccc(OC(=O)C(C)C)cc23)cc1. The Balaban J connectivity index is 1.53. The van der Waals surface area contributed by atoms with Crippen LogP contribution in [-0.2, 0) is 16.0 Å². The second-order valence-electron chi connectivity index (χ2n) is 9.91. The van der Waals surface area contributed by atoms with Crippen molar-refractivity contribution < 1.29 is 23.9 Å². The molecule has 0 aromatic heterocycles. The molecule has 2 amide bonds. The number of carbonyl (C=O) groups is 3. The standard InChI is InChI=1S/C28H35N3O5/c1-6-35-27(33)18-7-10-20(11-8-18)29-28(34)31(5)25-22-13-14-30(4)24(25)15-19-9-12-21(16-23(19)22)36-26(32)17(2)3/h7-12,16-17,22,24-25H,6,13-15H2,1-5H3,(H,29,34)/t22?,24?,25-/m0/s1. The van der Waals surface area contributed by atoms with Gasteiger partial charge in [-0.2, -0.15) is 0 Å². The van der Waals surface area contributed by atoms with Crippen LogP contribution in [-0.4, -0.2) is 67.1 Å². The van der Waals surface area contributed by atoms with Crippen LogP contribution in [0.5, 0.6) is 5.75 Å². The highest BCUT2D eigenvalue weighted by Crippen LogP contribution is 2.43. The highest BCUT2D eigenvalue weighted by Gasteiger charge is 2.45. The number of anilines is 1. The first-order chi connectivity index (χ1) is 17.2. The number of piperidine rings is 1. The molecule has 1 N–H and O–H groups in total. The van der Waals surface area contributed by atoms with Crippen LogP contribution in [0.4, 0.5) is 10.5 Å². The maximum absolute atomic E-state index is 13.3. The summed E-state index contributed by atoms with van der Waals surface area (Å²) in [5.74, 6) is -0.161. The van der Waals surface area contributed by atoms with Crippen LogP contribution in [0.25, 0.3) is 0 Å². The van der Waals surface area contributed by atoms with Crippen LogP contribution >= 0.6 is 0 Å². The molecule has 0 radical (unpaired) electrons. The van der Waals surface area contributed by atoms with Crippen molar-refractivity contribution in [2.45, 2.75) is 51.6 Å². The summed E-state index contributed by atoms with van der Waals surface area (Å²) in [6.45, 7) is 6.64. The van der Waals surface area contributed by atoms with Gasteiger partial charge in [-0.1, -0.05) is 19.9 Å². The summed E-state index contributed by atoms with van der Waals surface area (Å²) in [7, 11) is 3.94. The molecule has 2 aliphatic rings. The molecule has 8 heteroatoms. The van der Waals surface area contributed by atoms with Crippen molar-refractivity contribution in [3.8, 4) is 5.75 Å². The summed E-state index contributed by atoms with van der Waals surface area (Å²) in [6.07, 6.45) is 1.72. The number of benzene rings is 2. The molecule has 192 valence electrons. The number of hydrogen-bond donors (Lipinski definition) is 1. The third-order valence-electron chi connectivity index (χ3n) is 7.22. The lowest BCUT2D eigenvalue weighted by Gasteiger charge is -2.51. The van der Waals surface area contributed by atoms with Crippen molar-refractivity contribution in [3.05, 3.63) is 59.2 Å². The molecule has 36 heavy (non-hydrogen) atoms. The van der Waals surface area contributed by atoms with E-state index in [4.69, 9.17) is 9.47 Å². The van der Waals surface area contributed by atoms with Crippen molar-refractivity contribution in [1.82, 2.24) is 9.80 Å². The first-order valence-electron chi connectivity index (χ1n) is 12.5. The molecule has 2 bridgehead atoms.